The maximum Gasteiger partial charge on any atom is 0.330 e. The summed E-state index contributed by atoms with van der Waals surface area (Å²) in [6.07, 6.45) is 0.0952. The van der Waals surface area contributed by atoms with Crippen molar-refractivity contribution >= 4 is 35.5 Å². The van der Waals surface area contributed by atoms with Crippen LogP contribution in [0.25, 0.3) is 0 Å². The number of hydrogen-bond donors (Lipinski definition) is 3. The summed E-state index contributed by atoms with van der Waals surface area (Å²) in [6.45, 7) is 3.67. The van der Waals surface area contributed by atoms with E-state index in [1.165, 1.54) is 16.7 Å². The molecule has 9 heteroatoms. The number of β-lactam (4-membered cyclic amide) rings is 1. The summed E-state index contributed by atoms with van der Waals surface area (Å²) in [7, 11) is 0. The predicted molar refractivity (Wildman–Crippen MR) is 77.1 cm³/mol. The molecule has 3 atom stereocenters. The maximum absolute atomic E-state index is 12.1. The molecule has 1 unspecified atom stereocenters. The standard InChI is InChI=1S/C13H16N2O6S/c1-6-5-22-12-9(11(19)15(12)10(6)13(20)21)14-7(16)3-2-4-8(17)18/h9-10,12H,1-5H2,(H,14,16)(H,17,18)(H,20,21)/t9-,10?,12-/m1/s1. The van der Waals surface area contributed by atoms with Crippen LogP contribution >= 0.6 is 11.8 Å². The van der Waals surface area contributed by atoms with Crippen molar-refractivity contribution in [2.24, 2.45) is 0 Å². The summed E-state index contributed by atoms with van der Waals surface area (Å²) in [4.78, 5) is 46.6. The number of thioether (sulfide) groups is 1. The second-order valence-corrected chi connectivity index (χ2v) is 6.24. The van der Waals surface area contributed by atoms with E-state index in [9.17, 15) is 24.3 Å². The molecule has 2 rings (SSSR count). The first kappa shape index (κ1) is 16.3. The molecule has 0 spiro atoms. The van der Waals surface area contributed by atoms with Crippen molar-refractivity contribution in [3.05, 3.63) is 12.2 Å². The third-order valence-electron chi connectivity index (χ3n) is 3.53. The highest BCUT2D eigenvalue weighted by Gasteiger charge is 2.56. The third kappa shape index (κ3) is 3.08. The first-order valence-corrected chi connectivity index (χ1v) is 7.73. The highest BCUT2D eigenvalue weighted by atomic mass is 32.2. The monoisotopic (exact) mass is 328 g/mol. The largest absolute Gasteiger partial charge is 0.481 e. The van der Waals surface area contributed by atoms with Crippen LogP contribution in [0.3, 0.4) is 0 Å². The van der Waals surface area contributed by atoms with E-state index in [-0.39, 0.29) is 19.3 Å². The molecule has 0 aromatic heterocycles. The zero-order valence-corrected chi connectivity index (χ0v) is 12.5. The molecular formula is C13H16N2O6S. The van der Waals surface area contributed by atoms with E-state index >= 15 is 0 Å². The fraction of sp³-hybridized carbons (Fsp3) is 0.538. The van der Waals surface area contributed by atoms with Gasteiger partial charge in [0.25, 0.3) is 0 Å². The Labute approximate surface area is 130 Å². The number of aliphatic carboxylic acids is 2. The van der Waals surface area contributed by atoms with Crippen LogP contribution in [0, 0.1) is 0 Å². The molecule has 0 aromatic carbocycles. The highest BCUT2D eigenvalue weighted by Crippen LogP contribution is 2.39. The van der Waals surface area contributed by atoms with Gasteiger partial charge in [-0.3, -0.25) is 14.4 Å². The number of hydrogen-bond acceptors (Lipinski definition) is 5. The number of amides is 2. The van der Waals surface area contributed by atoms with Crippen LogP contribution in [0.2, 0.25) is 0 Å². The zero-order chi connectivity index (χ0) is 16.4. The second kappa shape index (κ2) is 6.39. The number of nitrogens with zero attached hydrogens (tertiary/aromatic N) is 1. The van der Waals surface area contributed by atoms with E-state index < -0.39 is 41.2 Å². The van der Waals surface area contributed by atoms with E-state index in [1.54, 1.807) is 0 Å². The van der Waals surface area contributed by atoms with Crippen molar-refractivity contribution in [2.75, 3.05) is 5.75 Å². The molecule has 2 fully saturated rings. The molecule has 0 radical (unpaired) electrons. The number of fused-ring (bicyclic) bond motifs is 1. The minimum absolute atomic E-state index is 0.0164. The van der Waals surface area contributed by atoms with Gasteiger partial charge in [0.15, 0.2) is 6.04 Å². The molecule has 0 saturated carbocycles. The highest BCUT2D eigenvalue weighted by molar-refractivity contribution is 8.00. The second-order valence-electron chi connectivity index (χ2n) is 5.14. The molecule has 2 amide bonds. The number of carbonyl (C=O) groups excluding carboxylic acids is 2. The van der Waals surface area contributed by atoms with Gasteiger partial charge in [-0.15, -0.1) is 11.8 Å². The number of carbonyl (C=O) groups is 4. The van der Waals surface area contributed by atoms with Crippen LogP contribution in [-0.4, -0.2) is 62.1 Å². The third-order valence-corrected chi connectivity index (χ3v) is 4.91. The minimum Gasteiger partial charge on any atom is -0.481 e. The van der Waals surface area contributed by atoms with Gasteiger partial charge < -0.3 is 20.4 Å². The Hall–Kier alpha value is -2.03. The topological polar surface area (TPSA) is 124 Å². The molecule has 2 aliphatic rings. The number of carboxylic acid groups (broad SMARTS) is 2. The van der Waals surface area contributed by atoms with Crippen LogP contribution in [0.5, 0.6) is 0 Å². The Morgan fingerprint density at radius 1 is 1.32 bits per heavy atom. The normalized spacial score (nSPS) is 26.9. The summed E-state index contributed by atoms with van der Waals surface area (Å²) in [5.74, 6) is -2.55. The van der Waals surface area contributed by atoms with Crippen molar-refractivity contribution in [2.45, 2.75) is 36.7 Å². The van der Waals surface area contributed by atoms with Crippen molar-refractivity contribution < 1.29 is 29.4 Å². The lowest BCUT2D eigenvalue weighted by molar-refractivity contribution is -0.160. The van der Waals surface area contributed by atoms with Crippen LogP contribution < -0.4 is 5.32 Å². The fourth-order valence-electron chi connectivity index (χ4n) is 2.48. The van der Waals surface area contributed by atoms with Crippen LogP contribution in [0.15, 0.2) is 12.2 Å². The molecule has 0 bridgehead atoms. The number of rotatable bonds is 6. The van der Waals surface area contributed by atoms with Crippen molar-refractivity contribution in [1.82, 2.24) is 10.2 Å². The van der Waals surface area contributed by atoms with E-state index in [0.717, 1.165) is 0 Å². The van der Waals surface area contributed by atoms with Crippen LogP contribution in [-0.2, 0) is 19.2 Å². The maximum atomic E-state index is 12.1. The van der Waals surface area contributed by atoms with Gasteiger partial charge in [0, 0.05) is 18.6 Å². The molecule has 2 aliphatic heterocycles. The number of carboxylic acids is 2. The average Bonchev–Trinajstić information content (AvgIpc) is 2.43. The molecule has 22 heavy (non-hydrogen) atoms. The summed E-state index contributed by atoms with van der Waals surface area (Å²) in [6, 6.07) is -1.80. The van der Waals surface area contributed by atoms with Crippen LogP contribution in [0.4, 0.5) is 0 Å². The summed E-state index contributed by atoms with van der Waals surface area (Å²) in [5, 5.41) is 19.8. The van der Waals surface area contributed by atoms with Gasteiger partial charge in [0.1, 0.15) is 11.4 Å². The van der Waals surface area contributed by atoms with Gasteiger partial charge in [-0.05, 0) is 12.0 Å². The van der Waals surface area contributed by atoms with Gasteiger partial charge in [-0.2, -0.15) is 0 Å². The summed E-state index contributed by atoms with van der Waals surface area (Å²) >= 11 is 1.36. The van der Waals surface area contributed by atoms with E-state index in [1.807, 2.05) is 0 Å². The van der Waals surface area contributed by atoms with Gasteiger partial charge in [-0.25, -0.2) is 4.79 Å². The average molecular weight is 328 g/mol. The van der Waals surface area contributed by atoms with Gasteiger partial charge in [-0.1, -0.05) is 6.58 Å². The lowest BCUT2D eigenvalue weighted by Gasteiger charge is -2.52. The molecule has 120 valence electrons. The Morgan fingerprint density at radius 2 is 2.00 bits per heavy atom. The Kier molecular flexibility index (Phi) is 4.74. The van der Waals surface area contributed by atoms with E-state index in [4.69, 9.17) is 5.11 Å². The predicted octanol–water partition coefficient (Wildman–Crippen LogP) is -0.349. The minimum atomic E-state index is -1.13. The Bertz CT molecular complexity index is 549. The van der Waals surface area contributed by atoms with Crippen molar-refractivity contribution in [3.63, 3.8) is 0 Å². The molecule has 0 aromatic rings. The van der Waals surface area contributed by atoms with Crippen molar-refractivity contribution in [3.8, 4) is 0 Å². The van der Waals surface area contributed by atoms with Crippen LogP contribution in [0.1, 0.15) is 19.3 Å². The Balaban J connectivity index is 1.92. The zero-order valence-electron chi connectivity index (χ0n) is 11.7. The van der Waals surface area contributed by atoms with E-state index in [0.29, 0.717) is 11.3 Å². The summed E-state index contributed by atoms with van der Waals surface area (Å²) < 4.78 is 0. The SMILES string of the molecule is C=C1CS[C@@H]2[C@H](NC(=O)CCCC(=O)O)C(=O)N2C1C(=O)O. The lowest BCUT2D eigenvalue weighted by Crippen LogP contribution is -2.74. The van der Waals surface area contributed by atoms with E-state index in [2.05, 4.69) is 11.9 Å². The molecule has 8 nitrogen and oxygen atoms in total. The molecular weight excluding hydrogens is 312 g/mol. The molecule has 0 aliphatic carbocycles. The van der Waals surface area contributed by atoms with Crippen molar-refractivity contribution in [1.29, 1.82) is 0 Å². The van der Waals surface area contributed by atoms with Gasteiger partial charge >= 0.3 is 11.9 Å². The smallest absolute Gasteiger partial charge is 0.330 e. The first-order valence-electron chi connectivity index (χ1n) is 6.68. The quantitative estimate of drug-likeness (QED) is 0.450. The molecule has 3 N–H and O–H groups in total. The summed E-state index contributed by atoms with van der Waals surface area (Å²) in [5.41, 5.74) is 0.452. The first-order chi connectivity index (χ1) is 10.3. The fourth-order valence-corrected chi connectivity index (χ4v) is 3.78. The lowest BCUT2D eigenvalue weighted by atomic mass is 9.98. The number of nitrogens with one attached hydrogen (secondary N) is 1. The van der Waals surface area contributed by atoms with Gasteiger partial charge in [0.2, 0.25) is 11.8 Å². The van der Waals surface area contributed by atoms with Gasteiger partial charge in [0.05, 0.1) is 0 Å². The molecule has 2 heterocycles. The molecule has 2 saturated heterocycles. The Morgan fingerprint density at radius 3 is 2.59 bits per heavy atom.